The zero-order chi connectivity index (χ0) is 17.7. The van der Waals surface area contributed by atoms with Crippen LogP contribution in [0.3, 0.4) is 0 Å². The van der Waals surface area contributed by atoms with Crippen LogP contribution < -0.4 is 16.2 Å². The van der Waals surface area contributed by atoms with E-state index in [1.807, 2.05) is 6.07 Å². The van der Waals surface area contributed by atoms with Crippen LogP contribution in [0.2, 0.25) is 0 Å². The summed E-state index contributed by atoms with van der Waals surface area (Å²) in [6.07, 6.45) is -4.47. The van der Waals surface area contributed by atoms with E-state index < -0.39 is 17.6 Å². The zero-order valence-electron chi connectivity index (χ0n) is 12.4. The Morgan fingerprint density at radius 3 is 2.38 bits per heavy atom. The molecular weight excluding hydrogens is 339 g/mol. The van der Waals surface area contributed by atoms with Crippen LogP contribution in [0.15, 0.2) is 54.6 Å². The summed E-state index contributed by atoms with van der Waals surface area (Å²) in [5.41, 5.74) is 7.87. The van der Waals surface area contributed by atoms with Gasteiger partial charge >= 0.3 is 6.18 Å². The second-order valence-electron chi connectivity index (χ2n) is 4.92. The van der Waals surface area contributed by atoms with Crippen molar-refractivity contribution in [2.45, 2.75) is 12.6 Å². The molecule has 3 N–H and O–H groups in total. The summed E-state index contributed by atoms with van der Waals surface area (Å²) in [6, 6.07) is 13.3. The Hall–Kier alpha value is -2.61. The largest absolute Gasteiger partial charge is 0.416 e. The van der Waals surface area contributed by atoms with Gasteiger partial charge in [-0.3, -0.25) is 10.2 Å². The average molecular weight is 353 g/mol. The number of carbonyl (C=O) groups excluding carboxylic acids is 1. The minimum Gasteiger partial charge on any atom is -0.374 e. The van der Waals surface area contributed by atoms with Crippen LogP contribution in [-0.2, 0) is 17.4 Å². The Kier molecular flexibility index (Phi) is 5.40. The molecule has 0 aromatic heterocycles. The third-order valence-corrected chi connectivity index (χ3v) is 3.28. The van der Waals surface area contributed by atoms with E-state index in [1.54, 1.807) is 24.3 Å². The first-order chi connectivity index (χ1) is 11.3. The second kappa shape index (κ2) is 7.31. The third-order valence-electron chi connectivity index (χ3n) is 3.10. The van der Waals surface area contributed by atoms with Gasteiger partial charge in [-0.25, -0.2) is 5.01 Å². The molecule has 8 heteroatoms. The van der Waals surface area contributed by atoms with Gasteiger partial charge in [-0.15, -0.1) is 0 Å². The van der Waals surface area contributed by atoms with Crippen LogP contribution in [0.4, 0.5) is 18.9 Å². The zero-order valence-corrected chi connectivity index (χ0v) is 13.2. The summed E-state index contributed by atoms with van der Waals surface area (Å²) in [7, 11) is 0. The van der Waals surface area contributed by atoms with E-state index in [4.69, 9.17) is 18.0 Å². The molecule has 2 aromatic carbocycles. The van der Waals surface area contributed by atoms with Crippen LogP contribution in [-0.4, -0.2) is 11.0 Å². The van der Waals surface area contributed by atoms with Crippen LogP contribution in [0.5, 0.6) is 0 Å². The summed E-state index contributed by atoms with van der Waals surface area (Å²) >= 11 is 4.83. The summed E-state index contributed by atoms with van der Waals surface area (Å²) in [4.78, 5) is 12.1. The fourth-order valence-electron chi connectivity index (χ4n) is 2.01. The van der Waals surface area contributed by atoms with Crippen molar-refractivity contribution in [3.63, 3.8) is 0 Å². The number of alkyl halides is 3. The predicted octanol–water partition coefficient (Wildman–Crippen LogP) is 3.03. The highest BCUT2D eigenvalue weighted by atomic mass is 32.1. The summed E-state index contributed by atoms with van der Waals surface area (Å²) in [5.74, 6) is -0.452. The van der Waals surface area contributed by atoms with Crippen molar-refractivity contribution in [1.29, 1.82) is 0 Å². The van der Waals surface area contributed by atoms with Crippen LogP contribution in [0, 0.1) is 0 Å². The fourth-order valence-corrected chi connectivity index (χ4v) is 2.16. The lowest BCUT2D eigenvalue weighted by molar-refractivity contribution is -0.137. The van der Waals surface area contributed by atoms with Crippen molar-refractivity contribution in [2.24, 2.45) is 5.73 Å². The Balaban J connectivity index is 2.18. The fraction of sp³-hybridized carbons (Fsp3) is 0.125. The molecule has 126 valence electrons. The Labute approximate surface area is 142 Å². The van der Waals surface area contributed by atoms with E-state index in [-0.39, 0.29) is 17.2 Å². The number of nitrogens with one attached hydrogen (secondary N) is 1. The number of amides is 1. The van der Waals surface area contributed by atoms with Gasteiger partial charge < -0.3 is 5.73 Å². The minimum absolute atomic E-state index is 0.0266. The lowest BCUT2D eigenvalue weighted by Gasteiger charge is -2.24. The van der Waals surface area contributed by atoms with Gasteiger partial charge in [-0.05, 0) is 36.0 Å². The van der Waals surface area contributed by atoms with Gasteiger partial charge in [0.15, 0.2) is 5.11 Å². The Morgan fingerprint density at radius 1 is 1.12 bits per heavy atom. The number of thiocarbonyl (C=S) groups is 1. The summed E-state index contributed by atoms with van der Waals surface area (Å²) in [6.45, 7) is 0. The number of nitrogens with two attached hydrogens (primary N) is 1. The van der Waals surface area contributed by atoms with Gasteiger partial charge in [0.2, 0.25) is 5.91 Å². The first kappa shape index (κ1) is 17.7. The van der Waals surface area contributed by atoms with Crippen molar-refractivity contribution in [1.82, 2.24) is 5.43 Å². The molecule has 0 heterocycles. The highest BCUT2D eigenvalue weighted by molar-refractivity contribution is 7.80. The van der Waals surface area contributed by atoms with Gasteiger partial charge in [-0.2, -0.15) is 13.2 Å². The molecule has 0 bridgehead atoms. The summed E-state index contributed by atoms with van der Waals surface area (Å²) < 4.78 is 38.4. The Morgan fingerprint density at radius 2 is 1.79 bits per heavy atom. The SMILES string of the molecule is NC(=S)N(NC(=O)Cc1ccccc1)c1cccc(C(F)(F)F)c1. The molecule has 1 amide bonds. The van der Waals surface area contributed by atoms with Crippen LogP contribution in [0.1, 0.15) is 11.1 Å². The van der Waals surface area contributed by atoms with E-state index in [2.05, 4.69) is 5.43 Å². The number of nitrogens with zero attached hydrogens (tertiary/aromatic N) is 1. The maximum absolute atomic E-state index is 12.8. The molecule has 0 aliphatic carbocycles. The first-order valence-electron chi connectivity index (χ1n) is 6.87. The van der Waals surface area contributed by atoms with Crippen molar-refractivity contribution in [2.75, 3.05) is 5.01 Å². The molecule has 0 fully saturated rings. The highest BCUT2D eigenvalue weighted by Crippen LogP contribution is 2.31. The number of carbonyl (C=O) groups is 1. The molecule has 0 atom stereocenters. The molecule has 2 aromatic rings. The molecule has 4 nitrogen and oxygen atoms in total. The van der Waals surface area contributed by atoms with E-state index in [9.17, 15) is 18.0 Å². The lowest BCUT2D eigenvalue weighted by Crippen LogP contribution is -2.49. The minimum atomic E-state index is -4.51. The molecule has 0 saturated carbocycles. The number of hydrazine groups is 1. The number of halogens is 3. The molecule has 0 radical (unpaired) electrons. The Bertz CT molecular complexity index is 735. The van der Waals surface area contributed by atoms with Gasteiger partial charge in [0, 0.05) is 0 Å². The first-order valence-corrected chi connectivity index (χ1v) is 7.28. The molecule has 0 aliphatic heterocycles. The lowest BCUT2D eigenvalue weighted by atomic mass is 10.1. The van der Waals surface area contributed by atoms with Gasteiger partial charge in [0.05, 0.1) is 17.7 Å². The molecule has 2 rings (SSSR count). The number of rotatable bonds is 3. The van der Waals surface area contributed by atoms with E-state index in [0.29, 0.717) is 0 Å². The quantitative estimate of drug-likeness (QED) is 0.658. The van der Waals surface area contributed by atoms with E-state index in [0.717, 1.165) is 22.7 Å². The van der Waals surface area contributed by atoms with E-state index in [1.165, 1.54) is 12.1 Å². The second-order valence-corrected chi connectivity index (χ2v) is 5.34. The smallest absolute Gasteiger partial charge is 0.374 e. The van der Waals surface area contributed by atoms with Gasteiger partial charge in [0.25, 0.3) is 0 Å². The molecule has 0 aliphatic rings. The molecule has 0 unspecified atom stereocenters. The number of benzene rings is 2. The molecule has 24 heavy (non-hydrogen) atoms. The van der Waals surface area contributed by atoms with E-state index >= 15 is 0 Å². The topological polar surface area (TPSA) is 58.4 Å². The van der Waals surface area contributed by atoms with Crippen molar-refractivity contribution < 1.29 is 18.0 Å². The van der Waals surface area contributed by atoms with Crippen LogP contribution in [0.25, 0.3) is 0 Å². The maximum Gasteiger partial charge on any atom is 0.416 e. The third kappa shape index (κ3) is 4.69. The van der Waals surface area contributed by atoms with Gasteiger partial charge in [-0.1, -0.05) is 36.4 Å². The monoisotopic (exact) mass is 353 g/mol. The standard InChI is InChI=1S/C16H14F3N3OS/c17-16(18,19)12-7-4-8-13(10-12)22(15(20)24)21-14(23)9-11-5-2-1-3-6-11/h1-8,10H,9H2,(H2,20,24)(H,21,23). The van der Waals surface area contributed by atoms with Crippen molar-refractivity contribution in [3.05, 3.63) is 65.7 Å². The average Bonchev–Trinajstić information content (AvgIpc) is 2.52. The van der Waals surface area contributed by atoms with Gasteiger partial charge in [0.1, 0.15) is 0 Å². The number of hydrogen-bond acceptors (Lipinski definition) is 2. The number of anilines is 1. The van der Waals surface area contributed by atoms with Crippen molar-refractivity contribution in [3.8, 4) is 0 Å². The highest BCUT2D eigenvalue weighted by Gasteiger charge is 2.31. The number of hydrogen-bond donors (Lipinski definition) is 2. The normalized spacial score (nSPS) is 11.0. The predicted molar refractivity (Wildman–Crippen MR) is 89.0 cm³/mol. The molecule has 0 spiro atoms. The molecule has 0 saturated heterocycles. The summed E-state index contributed by atoms with van der Waals surface area (Å²) in [5, 5.41) is 0.686. The van der Waals surface area contributed by atoms with Crippen LogP contribution >= 0.6 is 12.2 Å². The maximum atomic E-state index is 12.8. The molecular formula is C16H14F3N3OS. The van der Waals surface area contributed by atoms with Crippen molar-refractivity contribution >= 4 is 28.9 Å².